The Labute approximate surface area is 99.9 Å². The van der Waals surface area contributed by atoms with Gasteiger partial charge in [-0.25, -0.2) is 0 Å². The molecule has 0 saturated carbocycles. The van der Waals surface area contributed by atoms with Crippen molar-refractivity contribution in [2.75, 3.05) is 12.5 Å². The number of benzene rings is 1. The first kappa shape index (κ1) is 13.0. The minimum atomic E-state index is -0.121. The Balaban J connectivity index is 2.67. The third-order valence-electron chi connectivity index (χ3n) is 1.89. The number of amides is 1. The molecule has 1 amide bonds. The van der Waals surface area contributed by atoms with E-state index >= 15 is 0 Å². The molecular weight excluding hydrogens is 220 g/mol. The molecule has 0 bridgehead atoms. The van der Waals surface area contributed by atoms with Crippen LogP contribution in [-0.4, -0.2) is 23.9 Å². The summed E-state index contributed by atoms with van der Waals surface area (Å²) >= 11 is 0. The summed E-state index contributed by atoms with van der Waals surface area (Å²) in [5, 5.41) is 16.8. The van der Waals surface area contributed by atoms with Gasteiger partial charge in [0.25, 0.3) is 5.91 Å². The van der Waals surface area contributed by atoms with E-state index in [1.54, 1.807) is 24.3 Å². The van der Waals surface area contributed by atoms with E-state index in [1.807, 2.05) is 13.8 Å². The highest BCUT2D eigenvalue weighted by Crippen LogP contribution is 2.09. The van der Waals surface area contributed by atoms with Crippen molar-refractivity contribution < 1.29 is 9.66 Å². The number of nitrogens with zero attached hydrogens (tertiary/aromatic N) is 2. The van der Waals surface area contributed by atoms with Gasteiger partial charge in [-0.1, -0.05) is 0 Å². The standard InChI is InChI=1S/C11H16N4O2/c1-8(2)12-11(16)9-4-6-10(7-5-9)13-14-15(3)17/h4-8,13H,1-3H3,(H,12,16). The van der Waals surface area contributed by atoms with Crippen LogP contribution in [0.15, 0.2) is 29.5 Å². The molecule has 1 rings (SSSR count). The summed E-state index contributed by atoms with van der Waals surface area (Å²) in [6, 6.07) is 6.80. The SMILES string of the molecule is CC(C)NC(=O)c1ccc(NN=[N+](C)[O-])cc1. The van der Waals surface area contributed by atoms with E-state index in [4.69, 9.17) is 0 Å². The van der Waals surface area contributed by atoms with Crippen molar-refractivity contribution in [3.05, 3.63) is 35.0 Å². The zero-order valence-electron chi connectivity index (χ0n) is 10.1. The summed E-state index contributed by atoms with van der Waals surface area (Å²) in [4.78, 5) is 12.0. The highest BCUT2D eigenvalue weighted by Gasteiger charge is 2.06. The van der Waals surface area contributed by atoms with Gasteiger partial charge in [0.1, 0.15) is 12.7 Å². The zero-order chi connectivity index (χ0) is 12.8. The molecule has 0 heterocycles. The molecule has 0 unspecified atom stereocenters. The van der Waals surface area contributed by atoms with E-state index in [2.05, 4.69) is 16.0 Å². The molecule has 6 heteroatoms. The maximum absolute atomic E-state index is 11.6. The van der Waals surface area contributed by atoms with Crippen molar-refractivity contribution in [1.29, 1.82) is 0 Å². The third-order valence-corrected chi connectivity index (χ3v) is 1.89. The van der Waals surface area contributed by atoms with Crippen LogP contribution in [0.5, 0.6) is 0 Å². The number of hydrogen-bond acceptors (Lipinski definition) is 3. The monoisotopic (exact) mass is 236 g/mol. The highest BCUT2D eigenvalue weighted by atomic mass is 16.5. The van der Waals surface area contributed by atoms with Gasteiger partial charge in [-0.05, 0) is 38.1 Å². The number of rotatable bonds is 4. The Hall–Kier alpha value is -2.11. The average Bonchev–Trinajstić information content (AvgIpc) is 2.26. The number of hydrogen-bond donors (Lipinski definition) is 2. The van der Waals surface area contributed by atoms with Gasteiger partial charge in [-0.3, -0.25) is 4.79 Å². The van der Waals surface area contributed by atoms with Crippen LogP contribution in [-0.2, 0) is 0 Å². The fraction of sp³-hybridized carbons (Fsp3) is 0.364. The highest BCUT2D eigenvalue weighted by molar-refractivity contribution is 5.94. The first-order valence-electron chi connectivity index (χ1n) is 5.27. The first-order chi connectivity index (χ1) is 7.99. The van der Waals surface area contributed by atoms with Crippen molar-refractivity contribution in [1.82, 2.24) is 5.32 Å². The lowest BCUT2D eigenvalue weighted by atomic mass is 10.2. The summed E-state index contributed by atoms with van der Waals surface area (Å²) in [5.74, 6) is -0.121. The molecular formula is C11H16N4O2. The van der Waals surface area contributed by atoms with E-state index in [9.17, 15) is 10.0 Å². The molecule has 0 atom stereocenters. The summed E-state index contributed by atoms with van der Waals surface area (Å²) in [5.41, 5.74) is 3.77. The van der Waals surface area contributed by atoms with Crippen LogP contribution in [0.3, 0.4) is 0 Å². The molecule has 1 aromatic rings. The fourth-order valence-corrected chi connectivity index (χ4v) is 1.17. The number of anilines is 1. The summed E-state index contributed by atoms with van der Waals surface area (Å²) in [6.07, 6.45) is 0. The minimum Gasteiger partial charge on any atom is -0.696 e. The summed E-state index contributed by atoms with van der Waals surface area (Å²) in [6.45, 7) is 3.80. The minimum absolute atomic E-state index is 0.101. The molecule has 0 aliphatic heterocycles. The van der Waals surface area contributed by atoms with E-state index in [1.165, 1.54) is 7.05 Å². The first-order valence-corrected chi connectivity index (χ1v) is 5.27. The molecule has 92 valence electrons. The lowest BCUT2D eigenvalue weighted by Crippen LogP contribution is -2.29. The van der Waals surface area contributed by atoms with Gasteiger partial charge < -0.3 is 10.5 Å². The van der Waals surface area contributed by atoms with E-state index in [-0.39, 0.29) is 11.9 Å². The topological polar surface area (TPSA) is 79.6 Å². The normalized spacial score (nSPS) is 11.4. The molecule has 0 spiro atoms. The summed E-state index contributed by atoms with van der Waals surface area (Å²) in [7, 11) is 1.28. The summed E-state index contributed by atoms with van der Waals surface area (Å²) < 4.78 is 0. The molecule has 0 aromatic heterocycles. The van der Waals surface area contributed by atoms with Gasteiger partial charge in [0.05, 0.1) is 5.22 Å². The lowest BCUT2D eigenvalue weighted by Gasteiger charge is -2.07. The second-order valence-corrected chi connectivity index (χ2v) is 3.88. The number of hydroxylamine groups is 1. The van der Waals surface area contributed by atoms with Gasteiger partial charge in [-0.15, -0.1) is 5.43 Å². The van der Waals surface area contributed by atoms with Crippen molar-refractivity contribution in [2.24, 2.45) is 5.22 Å². The third kappa shape index (κ3) is 4.50. The van der Waals surface area contributed by atoms with Crippen molar-refractivity contribution >= 4 is 11.6 Å². The maximum Gasteiger partial charge on any atom is 0.251 e. The van der Waals surface area contributed by atoms with Crippen LogP contribution >= 0.6 is 0 Å². The van der Waals surface area contributed by atoms with Crippen molar-refractivity contribution in [3.63, 3.8) is 0 Å². The Kier molecular flexibility index (Phi) is 4.45. The predicted octanol–water partition coefficient (Wildman–Crippen LogP) is 1.74. The molecule has 1 aromatic carbocycles. The second kappa shape index (κ2) is 5.83. The molecule has 0 radical (unpaired) electrons. The van der Waals surface area contributed by atoms with Gasteiger partial charge in [0.2, 0.25) is 0 Å². The van der Waals surface area contributed by atoms with E-state index < -0.39 is 0 Å². The Morgan fingerprint density at radius 3 is 2.41 bits per heavy atom. The maximum atomic E-state index is 11.6. The van der Waals surface area contributed by atoms with Crippen molar-refractivity contribution in [2.45, 2.75) is 19.9 Å². The molecule has 0 saturated heterocycles. The quantitative estimate of drug-likeness (QED) is 0.475. The Morgan fingerprint density at radius 1 is 1.35 bits per heavy atom. The van der Waals surface area contributed by atoms with E-state index in [0.29, 0.717) is 16.1 Å². The molecule has 2 N–H and O–H groups in total. The average molecular weight is 236 g/mol. The van der Waals surface area contributed by atoms with E-state index in [0.717, 1.165) is 0 Å². The predicted molar refractivity (Wildman–Crippen MR) is 64.6 cm³/mol. The molecule has 6 nitrogen and oxygen atoms in total. The Morgan fingerprint density at radius 2 is 1.94 bits per heavy atom. The second-order valence-electron chi connectivity index (χ2n) is 3.88. The number of nitrogens with one attached hydrogen (secondary N) is 2. The lowest BCUT2D eigenvalue weighted by molar-refractivity contribution is -0.497. The smallest absolute Gasteiger partial charge is 0.251 e. The largest absolute Gasteiger partial charge is 0.696 e. The molecule has 0 fully saturated rings. The number of carbonyl (C=O) groups is 1. The van der Waals surface area contributed by atoms with Gasteiger partial charge in [0, 0.05) is 11.6 Å². The molecule has 17 heavy (non-hydrogen) atoms. The van der Waals surface area contributed by atoms with Crippen LogP contribution in [0.25, 0.3) is 0 Å². The van der Waals surface area contributed by atoms with Gasteiger partial charge in [-0.2, -0.15) is 4.86 Å². The zero-order valence-corrected chi connectivity index (χ0v) is 10.1. The van der Waals surface area contributed by atoms with Gasteiger partial charge >= 0.3 is 0 Å². The fourth-order valence-electron chi connectivity index (χ4n) is 1.17. The van der Waals surface area contributed by atoms with Crippen LogP contribution in [0, 0.1) is 5.21 Å². The van der Waals surface area contributed by atoms with Crippen molar-refractivity contribution in [3.8, 4) is 0 Å². The number of carbonyl (C=O) groups excluding carboxylic acids is 1. The van der Waals surface area contributed by atoms with Crippen LogP contribution < -0.4 is 10.7 Å². The van der Waals surface area contributed by atoms with Gasteiger partial charge in [0.15, 0.2) is 0 Å². The Bertz CT molecular complexity index is 408. The molecule has 0 aliphatic rings. The van der Waals surface area contributed by atoms with Crippen LogP contribution in [0.2, 0.25) is 0 Å². The molecule has 0 aliphatic carbocycles. The van der Waals surface area contributed by atoms with Crippen LogP contribution in [0.4, 0.5) is 5.69 Å². The van der Waals surface area contributed by atoms with Crippen LogP contribution in [0.1, 0.15) is 24.2 Å².